The van der Waals surface area contributed by atoms with Crippen LogP contribution in [0.5, 0.6) is 0 Å². The van der Waals surface area contributed by atoms with Gasteiger partial charge in [-0.3, -0.25) is 4.98 Å². The van der Waals surface area contributed by atoms with Gasteiger partial charge in [0.25, 0.3) is 0 Å². The summed E-state index contributed by atoms with van der Waals surface area (Å²) in [6.07, 6.45) is 4.45. The topological polar surface area (TPSA) is 12.9 Å². The number of thiophene rings is 1. The number of rotatable bonds is 1. The van der Waals surface area contributed by atoms with E-state index in [9.17, 15) is 0 Å². The molecule has 0 N–H and O–H groups in total. The van der Waals surface area contributed by atoms with E-state index in [0.717, 1.165) is 5.69 Å². The van der Waals surface area contributed by atoms with Crippen LogP contribution in [0.2, 0.25) is 0 Å². The van der Waals surface area contributed by atoms with E-state index >= 15 is 0 Å². The lowest BCUT2D eigenvalue weighted by atomic mass is 9.63. The summed E-state index contributed by atoms with van der Waals surface area (Å²) in [5.74, 6) is 0. The molecule has 2 heterocycles. The van der Waals surface area contributed by atoms with Crippen molar-refractivity contribution >= 4 is 53.1 Å². The second-order valence-electron chi connectivity index (χ2n) is 14.0. The van der Waals surface area contributed by atoms with Crippen molar-refractivity contribution in [2.24, 2.45) is 0 Å². The second-order valence-corrected chi connectivity index (χ2v) is 15.1. The zero-order valence-electron chi connectivity index (χ0n) is 24.2. The number of hydrogen-bond acceptors (Lipinski definition) is 2. The van der Waals surface area contributed by atoms with Crippen molar-refractivity contribution in [1.29, 1.82) is 0 Å². The molecule has 1 aliphatic carbocycles. The molecule has 6 aromatic rings. The predicted molar refractivity (Wildman–Crippen MR) is 172 cm³/mol. The summed E-state index contributed by atoms with van der Waals surface area (Å²) in [5, 5.41) is 7.85. The molecule has 7 rings (SSSR count). The van der Waals surface area contributed by atoms with Gasteiger partial charge < -0.3 is 0 Å². The Morgan fingerprint density at radius 1 is 0.667 bits per heavy atom. The van der Waals surface area contributed by atoms with Crippen molar-refractivity contribution in [2.45, 2.75) is 77.6 Å². The quantitative estimate of drug-likeness (QED) is 0.207. The molecule has 0 spiro atoms. The second kappa shape index (κ2) is 8.15. The van der Waals surface area contributed by atoms with Crippen LogP contribution in [-0.4, -0.2) is 4.98 Å². The van der Waals surface area contributed by atoms with Gasteiger partial charge in [-0.2, -0.15) is 0 Å². The zero-order valence-corrected chi connectivity index (χ0v) is 25.0. The van der Waals surface area contributed by atoms with Crippen molar-refractivity contribution in [3.63, 3.8) is 0 Å². The normalized spacial score (nSPS) is 16.8. The number of hydrogen-bond donors (Lipinski definition) is 0. The van der Waals surface area contributed by atoms with E-state index in [1.54, 1.807) is 0 Å². The van der Waals surface area contributed by atoms with Gasteiger partial charge in [-0.15, -0.1) is 11.3 Å². The first-order chi connectivity index (χ1) is 18.4. The number of benzene rings is 4. The van der Waals surface area contributed by atoms with Crippen LogP contribution in [0.4, 0.5) is 0 Å². The highest BCUT2D eigenvalue weighted by molar-refractivity contribution is 7.25. The molecule has 0 unspecified atom stereocenters. The summed E-state index contributed by atoms with van der Waals surface area (Å²) >= 11 is 1.94. The predicted octanol–water partition coefficient (Wildman–Crippen LogP) is 11.1. The van der Waals surface area contributed by atoms with Crippen LogP contribution in [0, 0.1) is 0 Å². The maximum absolute atomic E-state index is 4.99. The van der Waals surface area contributed by atoms with Crippen molar-refractivity contribution in [2.75, 3.05) is 0 Å². The molecule has 0 saturated carbocycles. The summed E-state index contributed by atoms with van der Waals surface area (Å²) in [4.78, 5) is 4.99. The lowest BCUT2D eigenvalue weighted by molar-refractivity contribution is 0.332. The van der Waals surface area contributed by atoms with E-state index in [4.69, 9.17) is 4.98 Å². The lowest BCUT2D eigenvalue weighted by Gasteiger charge is -2.41. The van der Waals surface area contributed by atoms with Crippen LogP contribution in [0.25, 0.3) is 53.0 Å². The first kappa shape index (κ1) is 24.8. The van der Waals surface area contributed by atoms with Crippen LogP contribution in [0.1, 0.15) is 78.0 Å². The number of fused-ring (bicyclic) bond motifs is 6. The molecule has 0 saturated heterocycles. The molecule has 0 atom stereocenters. The molecule has 4 aromatic carbocycles. The monoisotopic (exact) mass is 527 g/mol. The molecule has 0 aliphatic heterocycles. The molecule has 0 bridgehead atoms. The Hall–Kier alpha value is -3.23. The molecule has 2 aromatic heterocycles. The molecular formula is C37H37NS. The lowest BCUT2D eigenvalue weighted by Crippen LogP contribution is -2.33. The van der Waals surface area contributed by atoms with Gasteiger partial charge in [0.05, 0.1) is 5.69 Å². The minimum absolute atomic E-state index is 0.0384. The van der Waals surface area contributed by atoms with Gasteiger partial charge in [0.2, 0.25) is 0 Å². The first-order valence-corrected chi connectivity index (χ1v) is 15.1. The van der Waals surface area contributed by atoms with Crippen molar-refractivity contribution in [3.05, 3.63) is 89.6 Å². The van der Waals surface area contributed by atoms with Gasteiger partial charge in [0.1, 0.15) is 0 Å². The minimum atomic E-state index is 0.0384. The highest BCUT2D eigenvalue weighted by Gasteiger charge is 2.37. The molecule has 1 aliphatic rings. The van der Waals surface area contributed by atoms with E-state index in [1.807, 2.05) is 17.5 Å². The van der Waals surface area contributed by atoms with Gasteiger partial charge in [0, 0.05) is 37.3 Å². The van der Waals surface area contributed by atoms with Crippen molar-refractivity contribution in [3.8, 4) is 11.3 Å². The molecular weight excluding hydrogens is 490 g/mol. The Bertz CT molecular complexity index is 1940. The standard InChI is InChI=1S/C37H37NS/c1-35(2,3)29-17-24(16-22-10-8-9-11-25(22)29)34-26-19-27-28-20-30-31(37(6,7)14-13-36(30,4)5)21-33(28)39-32(27)18-23(26)12-15-38-34/h8-12,15-21H,13-14H2,1-7H3. The summed E-state index contributed by atoms with van der Waals surface area (Å²) in [6.45, 7) is 16.6. The average Bonchev–Trinajstić information content (AvgIpc) is 3.24. The minimum Gasteiger partial charge on any atom is -0.256 e. The Morgan fingerprint density at radius 2 is 1.31 bits per heavy atom. The fourth-order valence-corrected chi connectivity index (χ4v) is 7.96. The van der Waals surface area contributed by atoms with Crippen molar-refractivity contribution < 1.29 is 0 Å². The molecule has 39 heavy (non-hydrogen) atoms. The SMILES string of the molecule is CC(C)(C)c1cc(-c2nccc3cc4sc5cc6c(cc5c4cc23)C(C)(C)CCC6(C)C)cc2ccccc12. The maximum atomic E-state index is 4.99. The molecule has 2 heteroatoms. The molecule has 0 fully saturated rings. The molecule has 0 amide bonds. The van der Waals surface area contributed by atoms with Gasteiger partial charge in [-0.05, 0) is 104 Å². The summed E-state index contributed by atoms with van der Waals surface area (Å²) in [7, 11) is 0. The van der Waals surface area contributed by atoms with Gasteiger partial charge in [0.15, 0.2) is 0 Å². The Kier molecular flexibility index (Phi) is 5.18. The van der Waals surface area contributed by atoms with Gasteiger partial charge >= 0.3 is 0 Å². The Labute approximate surface area is 235 Å². The highest BCUT2D eigenvalue weighted by atomic mass is 32.1. The van der Waals surface area contributed by atoms with Crippen LogP contribution < -0.4 is 0 Å². The summed E-state index contributed by atoms with van der Waals surface area (Å²) in [6, 6.07) is 25.5. The van der Waals surface area contributed by atoms with E-state index in [1.165, 1.54) is 76.8 Å². The Balaban J connectivity index is 1.51. The van der Waals surface area contributed by atoms with Crippen molar-refractivity contribution in [1.82, 2.24) is 4.98 Å². The molecule has 1 nitrogen and oxygen atoms in total. The molecule has 0 radical (unpaired) electrons. The fourth-order valence-electron chi connectivity index (χ4n) is 6.80. The van der Waals surface area contributed by atoms with Crippen LogP contribution >= 0.6 is 11.3 Å². The number of nitrogens with zero attached hydrogens (tertiary/aromatic N) is 1. The molecule has 196 valence electrons. The average molecular weight is 528 g/mol. The van der Waals surface area contributed by atoms with Crippen LogP contribution in [-0.2, 0) is 16.2 Å². The van der Waals surface area contributed by atoms with E-state index in [0.29, 0.717) is 0 Å². The van der Waals surface area contributed by atoms with Crippen LogP contribution in [0.15, 0.2) is 72.9 Å². The number of pyridine rings is 1. The first-order valence-electron chi connectivity index (χ1n) is 14.3. The zero-order chi connectivity index (χ0) is 27.3. The summed E-state index contributed by atoms with van der Waals surface area (Å²) < 4.78 is 2.77. The van der Waals surface area contributed by atoms with E-state index < -0.39 is 0 Å². The smallest absolute Gasteiger partial charge is 0.0780 e. The maximum Gasteiger partial charge on any atom is 0.0780 e. The van der Waals surface area contributed by atoms with Gasteiger partial charge in [-0.25, -0.2) is 0 Å². The fraction of sp³-hybridized carbons (Fsp3) is 0.324. The van der Waals surface area contributed by atoms with E-state index in [2.05, 4.69) is 115 Å². The third kappa shape index (κ3) is 3.83. The third-order valence-corrected chi connectivity index (χ3v) is 10.4. The largest absolute Gasteiger partial charge is 0.256 e. The van der Waals surface area contributed by atoms with Crippen LogP contribution in [0.3, 0.4) is 0 Å². The third-order valence-electron chi connectivity index (χ3n) is 9.27. The highest BCUT2D eigenvalue weighted by Crippen LogP contribution is 2.49. The van der Waals surface area contributed by atoms with Gasteiger partial charge in [-0.1, -0.05) is 72.7 Å². The Morgan fingerprint density at radius 3 is 2.05 bits per heavy atom. The summed E-state index contributed by atoms with van der Waals surface area (Å²) in [5.41, 5.74) is 7.16. The number of aromatic nitrogens is 1. The van der Waals surface area contributed by atoms with E-state index in [-0.39, 0.29) is 16.2 Å².